The summed E-state index contributed by atoms with van der Waals surface area (Å²) in [7, 11) is 0. The van der Waals surface area contributed by atoms with Gasteiger partial charge in [-0.2, -0.15) is 0 Å². The quantitative estimate of drug-likeness (QED) is 0.624. The Morgan fingerprint density at radius 3 is 2.42 bits per heavy atom. The van der Waals surface area contributed by atoms with Gasteiger partial charge in [-0.15, -0.1) is 0 Å². The second-order valence-electron chi connectivity index (χ2n) is 3.12. The Morgan fingerprint density at radius 1 is 1.33 bits per heavy atom. The zero-order chi connectivity index (χ0) is 9.30. The molecule has 0 aromatic carbocycles. The molecular weight excluding hydrogens is 154 g/mol. The molecule has 0 unspecified atom stereocenters. The van der Waals surface area contributed by atoms with Crippen LogP contribution < -0.4 is 5.32 Å². The molecule has 0 bridgehead atoms. The highest BCUT2D eigenvalue weighted by atomic mass is 16.4. The molecule has 66 valence electrons. The Labute approximate surface area is 71.8 Å². The molecule has 0 fully saturated rings. The molecule has 3 nitrogen and oxygen atoms in total. The van der Waals surface area contributed by atoms with E-state index in [4.69, 9.17) is 5.11 Å². The monoisotopic (exact) mass is 167 g/mol. The first-order valence-corrected chi connectivity index (χ1v) is 3.88. The zero-order valence-corrected chi connectivity index (χ0v) is 7.56. The molecule has 0 radical (unpaired) electrons. The largest absolute Gasteiger partial charge is 0.478 e. The summed E-state index contributed by atoms with van der Waals surface area (Å²) in [6.45, 7) is 5.69. The first-order chi connectivity index (χ1) is 5.52. The Bertz CT molecular complexity index is 287. The van der Waals surface area contributed by atoms with E-state index in [2.05, 4.69) is 5.32 Å². The Balaban J connectivity index is 2.93. The first-order valence-electron chi connectivity index (χ1n) is 3.88. The average Bonchev–Trinajstić information content (AvgIpc) is 1.96. The summed E-state index contributed by atoms with van der Waals surface area (Å²) >= 11 is 0. The van der Waals surface area contributed by atoms with Gasteiger partial charge in [-0.1, -0.05) is 0 Å². The lowest BCUT2D eigenvalue weighted by molar-refractivity contribution is -0.132. The summed E-state index contributed by atoms with van der Waals surface area (Å²) in [5.41, 5.74) is 3.39. The predicted molar refractivity (Wildman–Crippen MR) is 46.5 cm³/mol. The minimum absolute atomic E-state index is 0.470. The Hall–Kier alpha value is -1.25. The van der Waals surface area contributed by atoms with Crippen molar-refractivity contribution >= 4 is 5.97 Å². The van der Waals surface area contributed by atoms with Gasteiger partial charge in [0.1, 0.15) is 0 Å². The van der Waals surface area contributed by atoms with E-state index < -0.39 is 5.97 Å². The molecule has 12 heavy (non-hydrogen) atoms. The van der Waals surface area contributed by atoms with Crippen molar-refractivity contribution in [1.82, 2.24) is 5.32 Å². The molecular formula is C9H13NO2. The number of rotatable bonds is 1. The zero-order valence-electron chi connectivity index (χ0n) is 7.56. The fraction of sp³-hybridized carbons (Fsp3) is 0.444. The Morgan fingerprint density at radius 2 is 1.92 bits per heavy atom. The maximum Gasteiger partial charge on any atom is 0.333 e. The minimum atomic E-state index is -0.827. The van der Waals surface area contributed by atoms with Crippen LogP contribution in [0, 0.1) is 0 Å². The number of aliphatic carboxylic acids is 1. The molecule has 0 aliphatic carbocycles. The number of hydrogen-bond donors (Lipinski definition) is 2. The van der Waals surface area contributed by atoms with Gasteiger partial charge in [-0.05, 0) is 26.3 Å². The molecule has 1 aliphatic rings. The van der Waals surface area contributed by atoms with Gasteiger partial charge < -0.3 is 10.4 Å². The lowest BCUT2D eigenvalue weighted by Gasteiger charge is -2.19. The maximum atomic E-state index is 10.7. The SMILES string of the molecule is CC1=C(C)NC(C)=C(C(=O)O)C1. The standard InChI is InChI=1S/C9H13NO2/c1-5-4-8(9(11)12)7(3)10-6(5)2/h10H,4H2,1-3H3,(H,11,12). The first kappa shape index (κ1) is 8.84. The summed E-state index contributed by atoms with van der Waals surface area (Å²) in [5, 5.41) is 11.8. The predicted octanol–water partition coefficient (Wildman–Crippen LogP) is 1.63. The molecule has 0 aromatic rings. The summed E-state index contributed by atoms with van der Waals surface area (Å²) in [5.74, 6) is -0.827. The number of allylic oxidation sites excluding steroid dienone is 3. The van der Waals surface area contributed by atoms with E-state index in [1.54, 1.807) is 6.92 Å². The molecule has 0 spiro atoms. The molecule has 1 aliphatic heterocycles. The van der Waals surface area contributed by atoms with E-state index in [1.807, 2.05) is 13.8 Å². The number of dihydropyridines is 1. The van der Waals surface area contributed by atoms with E-state index in [-0.39, 0.29) is 0 Å². The van der Waals surface area contributed by atoms with Gasteiger partial charge in [-0.3, -0.25) is 0 Å². The van der Waals surface area contributed by atoms with Crippen molar-refractivity contribution in [1.29, 1.82) is 0 Å². The van der Waals surface area contributed by atoms with Crippen LogP contribution in [0.4, 0.5) is 0 Å². The Kier molecular flexibility index (Phi) is 2.22. The third-order valence-corrected chi connectivity index (χ3v) is 2.17. The van der Waals surface area contributed by atoms with Gasteiger partial charge in [0.15, 0.2) is 0 Å². The number of hydrogen-bond acceptors (Lipinski definition) is 2. The number of carbonyl (C=O) groups is 1. The van der Waals surface area contributed by atoms with Crippen LogP contribution in [0.25, 0.3) is 0 Å². The van der Waals surface area contributed by atoms with Gasteiger partial charge in [0.25, 0.3) is 0 Å². The summed E-state index contributed by atoms with van der Waals surface area (Å²) in [6, 6.07) is 0. The number of nitrogens with one attached hydrogen (secondary N) is 1. The topological polar surface area (TPSA) is 49.3 Å². The lowest BCUT2D eigenvalue weighted by Crippen LogP contribution is -2.20. The summed E-state index contributed by atoms with van der Waals surface area (Å²) < 4.78 is 0. The van der Waals surface area contributed by atoms with Crippen LogP contribution in [0.3, 0.4) is 0 Å². The van der Waals surface area contributed by atoms with Crippen LogP contribution in [-0.4, -0.2) is 11.1 Å². The van der Waals surface area contributed by atoms with Crippen molar-refractivity contribution in [2.75, 3.05) is 0 Å². The third-order valence-electron chi connectivity index (χ3n) is 2.17. The van der Waals surface area contributed by atoms with Gasteiger partial charge in [0, 0.05) is 17.8 Å². The lowest BCUT2D eigenvalue weighted by atomic mass is 10.00. The summed E-state index contributed by atoms with van der Waals surface area (Å²) in [4.78, 5) is 10.7. The van der Waals surface area contributed by atoms with Crippen molar-refractivity contribution < 1.29 is 9.90 Å². The van der Waals surface area contributed by atoms with Gasteiger partial charge in [0.05, 0.1) is 5.57 Å². The molecule has 1 rings (SSSR count). The van der Waals surface area contributed by atoms with Crippen molar-refractivity contribution in [2.24, 2.45) is 0 Å². The molecule has 0 saturated carbocycles. The van der Waals surface area contributed by atoms with Crippen molar-refractivity contribution in [3.8, 4) is 0 Å². The van der Waals surface area contributed by atoms with Crippen LogP contribution in [0.5, 0.6) is 0 Å². The minimum Gasteiger partial charge on any atom is -0.478 e. The van der Waals surface area contributed by atoms with Crippen LogP contribution in [-0.2, 0) is 4.79 Å². The number of carboxylic acid groups (broad SMARTS) is 1. The highest BCUT2D eigenvalue weighted by Crippen LogP contribution is 2.21. The van der Waals surface area contributed by atoms with Crippen molar-refractivity contribution in [3.05, 3.63) is 22.5 Å². The molecule has 0 aromatic heterocycles. The van der Waals surface area contributed by atoms with Gasteiger partial charge in [-0.25, -0.2) is 4.79 Å². The van der Waals surface area contributed by atoms with Crippen LogP contribution in [0.2, 0.25) is 0 Å². The fourth-order valence-corrected chi connectivity index (χ4v) is 1.23. The fourth-order valence-electron chi connectivity index (χ4n) is 1.23. The van der Waals surface area contributed by atoms with Crippen LogP contribution in [0.1, 0.15) is 27.2 Å². The molecule has 0 saturated heterocycles. The van der Waals surface area contributed by atoms with Crippen LogP contribution in [0.15, 0.2) is 22.5 Å². The molecule has 1 heterocycles. The van der Waals surface area contributed by atoms with E-state index in [0.29, 0.717) is 12.0 Å². The molecule has 3 heteroatoms. The molecule has 2 N–H and O–H groups in total. The highest BCUT2D eigenvalue weighted by molar-refractivity contribution is 5.88. The smallest absolute Gasteiger partial charge is 0.333 e. The second kappa shape index (κ2) is 3.01. The normalized spacial score (nSPS) is 17.9. The molecule has 0 amide bonds. The van der Waals surface area contributed by atoms with Gasteiger partial charge in [0.2, 0.25) is 0 Å². The van der Waals surface area contributed by atoms with Crippen molar-refractivity contribution in [2.45, 2.75) is 27.2 Å². The highest BCUT2D eigenvalue weighted by Gasteiger charge is 2.17. The average molecular weight is 167 g/mol. The van der Waals surface area contributed by atoms with E-state index in [0.717, 1.165) is 17.0 Å². The van der Waals surface area contributed by atoms with Crippen molar-refractivity contribution in [3.63, 3.8) is 0 Å². The molecule has 0 atom stereocenters. The van der Waals surface area contributed by atoms with E-state index in [1.165, 1.54) is 0 Å². The van der Waals surface area contributed by atoms with E-state index in [9.17, 15) is 4.79 Å². The van der Waals surface area contributed by atoms with E-state index >= 15 is 0 Å². The number of carboxylic acids is 1. The van der Waals surface area contributed by atoms with Crippen LogP contribution >= 0.6 is 0 Å². The van der Waals surface area contributed by atoms with Gasteiger partial charge >= 0.3 is 5.97 Å². The summed E-state index contributed by atoms with van der Waals surface area (Å²) in [6.07, 6.45) is 0.556. The maximum absolute atomic E-state index is 10.7. The second-order valence-corrected chi connectivity index (χ2v) is 3.12. The third kappa shape index (κ3) is 1.49.